The van der Waals surface area contributed by atoms with Crippen LogP contribution in [0.1, 0.15) is 96.3 Å². The molecule has 2 aromatic carbocycles. The van der Waals surface area contributed by atoms with E-state index in [-0.39, 0.29) is 11.2 Å². The van der Waals surface area contributed by atoms with Gasteiger partial charge in [-0.3, -0.25) is 4.72 Å². The molecule has 0 unspecified atom stereocenters. The van der Waals surface area contributed by atoms with Gasteiger partial charge in [0.15, 0.2) is 0 Å². The Balaban J connectivity index is 2.25. The predicted octanol–water partition coefficient (Wildman–Crippen LogP) is 7.63. The predicted molar refractivity (Wildman–Crippen MR) is 140 cm³/mol. The minimum absolute atomic E-state index is 0.0192. The molecule has 33 heavy (non-hydrogen) atoms. The maximum absolute atomic E-state index is 13.1. The van der Waals surface area contributed by atoms with Crippen molar-refractivity contribution < 1.29 is 13.2 Å². The van der Waals surface area contributed by atoms with Crippen molar-refractivity contribution in [2.75, 3.05) is 11.3 Å². The number of hydrogen-bond donors (Lipinski definition) is 1. The van der Waals surface area contributed by atoms with Gasteiger partial charge in [0, 0.05) is 11.3 Å². The van der Waals surface area contributed by atoms with Crippen molar-refractivity contribution in [2.45, 2.75) is 90.7 Å². The number of benzene rings is 2. The van der Waals surface area contributed by atoms with E-state index in [2.05, 4.69) is 51.8 Å². The fraction of sp³-hybridized carbons (Fsp3) is 0.536. The molecule has 0 aliphatic heterocycles. The first-order valence-corrected chi connectivity index (χ1v) is 14.1. The van der Waals surface area contributed by atoms with Gasteiger partial charge in [-0.25, -0.2) is 8.42 Å². The number of unbranched alkanes of at least 4 members (excludes halogenated alkanes) is 3. The second-order valence-corrected chi connectivity index (χ2v) is 11.2. The van der Waals surface area contributed by atoms with Gasteiger partial charge in [0.2, 0.25) is 10.0 Å². The number of ether oxygens (including phenoxy) is 1. The summed E-state index contributed by atoms with van der Waals surface area (Å²) in [5.74, 6) is 0.547. The lowest BCUT2D eigenvalue weighted by atomic mass is 9.79. The van der Waals surface area contributed by atoms with E-state index >= 15 is 0 Å². The highest BCUT2D eigenvalue weighted by Gasteiger charge is 2.23. The third-order valence-corrected chi connectivity index (χ3v) is 7.21. The normalized spacial score (nSPS) is 12.0. The number of hydrogen-bond acceptors (Lipinski definition) is 3. The molecule has 183 valence electrons. The summed E-state index contributed by atoms with van der Waals surface area (Å²) >= 11 is 0. The van der Waals surface area contributed by atoms with Gasteiger partial charge in [-0.05, 0) is 60.4 Å². The smallest absolute Gasteiger partial charge is 0.237 e. The topological polar surface area (TPSA) is 55.4 Å². The monoisotopic (exact) mass is 472 g/mol. The van der Waals surface area contributed by atoms with Crippen LogP contribution in [-0.4, -0.2) is 15.0 Å². The average molecular weight is 473 g/mol. The van der Waals surface area contributed by atoms with E-state index in [1.807, 2.05) is 36.4 Å². The van der Waals surface area contributed by atoms with E-state index in [9.17, 15) is 8.42 Å². The van der Waals surface area contributed by atoms with Gasteiger partial charge in [-0.2, -0.15) is 0 Å². The molecule has 5 heteroatoms. The van der Waals surface area contributed by atoms with Crippen LogP contribution in [0.4, 0.5) is 5.69 Å². The number of rotatable bonds is 15. The molecule has 2 rings (SSSR count). The van der Waals surface area contributed by atoms with Crippen LogP contribution >= 0.6 is 0 Å². The Kier molecular flexibility index (Phi) is 10.7. The summed E-state index contributed by atoms with van der Waals surface area (Å²) in [5, 5.41) is 0. The SMILES string of the molecule is CC[CH]c1ccc(NS(=O)(=O)Cc2cc(C(C)(C)CCCCC)ccc2OCCCC)cc1. The third kappa shape index (κ3) is 9.04. The molecule has 0 spiro atoms. The molecule has 0 saturated carbocycles. The molecule has 1 N–H and O–H groups in total. The van der Waals surface area contributed by atoms with Crippen LogP contribution in [0.3, 0.4) is 0 Å². The second kappa shape index (κ2) is 13.0. The first kappa shape index (κ1) is 27.2. The molecular weight excluding hydrogens is 430 g/mol. The van der Waals surface area contributed by atoms with Crippen molar-refractivity contribution in [1.29, 1.82) is 0 Å². The summed E-state index contributed by atoms with van der Waals surface area (Å²) in [4.78, 5) is 0. The van der Waals surface area contributed by atoms with Crippen LogP contribution in [0.5, 0.6) is 5.75 Å². The first-order chi connectivity index (χ1) is 15.7. The molecule has 0 amide bonds. The first-order valence-electron chi connectivity index (χ1n) is 12.4. The van der Waals surface area contributed by atoms with Crippen molar-refractivity contribution in [1.82, 2.24) is 0 Å². The van der Waals surface area contributed by atoms with Crippen LogP contribution in [0.2, 0.25) is 0 Å². The lowest BCUT2D eigenvalue weighted by molar-refractivity contribution is 0.306. The summed E-state index contributed by atoms with van der Waals surface area (Å²) < 4.78 is 34.8. The van der Waals surface area contributed by atoms with Gasteiger partial charge >= 0.3 is 0 Å². The molecule has 2 aromatic rings. The highest BCUT2D eigenvalue weighted by molar-refractivity contribution is 7.91. The Morgan fingerprint density at radius 2 is 1.64 bits per heavy atom. The summed E-state index contributed by atoms with van der Waals surface area (Å²) in [7, 11) is -3.59. The van der Waals surface area contributed by atoms with Gasteiger partial charge < -0.3 is 4.74 Å². The largest absolute Gasteiger partial charge is 0.493 e. The van der Waals surface area contributed by atoms with E-state index in [0.29, 0.717) is 18.0 Å². The average Bonchev–Trinajstić information content (AvgIpc) is 2.76. The fourth-order valence-corrected chi connectivity index (χ4v) is 5.09. The Hall–Kier alpha value is -2.01. The molecule has 0 fully saturated rings. The molecule has 4 nitrogen and oxygen atoms in total. The maximum atomic E-state index is 13.1. The van der Waals surface area contributed by atoms with Gasteiger partial charge in [-0.1, -0.05) is 84.6 Å². The van der Waals surface area contributed by atoms with Crippen molar-refractivity contribution in [2.24, 2.45) is 0 Å². The Bertz CT molecular complexity index is 950. The molecule has 0 heterocycles. The fourth-order valence-electron chi connectivity index (χ4n) is 3.89. The Labute approximate surface area is 202 Å². The zero-order chi connectivity index (χ0) is 24.3. The van der Waals surface area contributed by atoms with Crippen LogP contribution in [0.15, 0.2) is 42.5 Å². The van der Waals surface area contributed by atoms with Crippen LogP contribution in [0.25, 0.3) is 0 Å². The summed E-state index contributed by atoms with van der Waals surface area (Å²) in [6.45, 7) is 11.5. The molecule has 0 saturated heterocycles. The molecule has 0 aliphatic rings. The van der Waals surface area contributed by atoms with Crippen LogP contribution in [0, 0.1) is 6.42 Å². The van der Waals surface area contributed by atoms with Crippen molar-refractivity contribution >= 4 is 15.7 Å². The Morgan fingerprint density at radius 3 is 2.27 bits per heavy atom. The number of nitrogens with one attached hydrogen (secondary N) is 1. The van der Waals surface area contributed by atoms with Crippen molar-refractivity contribution in [3.8, 4) is 5.75 Å². The molecular formula is C28H42NO3S. The highest BCUT2D eigenvalue weighted by atomic mass is 32.2. The second-order valence-electron chi connectivity index (χ2n) is 9.46. The third-order valence-electron chi connectivity index (χ3n) is 5.97. The zero-order valence-electron chi connectivity index (χ0n) is 21.1. The summed E-state index contributed by atoms with van der Waals surface area (Å²) in [6, 6.07) is 13.6. The lowest BCUT2D eigenvalue weighted by Crippen LogP contribution is -2.19. The summed E-state index contributed by atoms with van der Waals surface area (Å²) in [5.41, 5.74) is 3.52. The van der Waals surface area contributed by atoms with Gasteiger partial charge in [0.05, 0.1) is 12.4 Å². The standard InChI is InChI=1S/C28H42NO3S/c1-6-9-11-19-28(4,5)25-15-18-27(32-20-10-7-2)24(21-25)22-33(30,31)29-26-16-13-23(12-8-3)14-17-26/h12-18,21,29H,6-11,19-20,22H2,1-5H3. The zero-order valence-corrected chi connectivity index (χ0v) is 21.9. The van der Waals surface area contributed by atoms with Crippen molar-refractivity contribution in [3.63, 3.8) is 0 Å². The van der Waals surface area contributed by atoms with Crippen LogP contribution in [-0.2, 0) is 21.2 Å². The molecule has 1 radical (unpaired) electrons. The van der Waals surface area contributed by atoms with E-state index in [1.54, 1.807) is 0 Å². The molecule has 0 bridgehead atoms. The minimum atomic E-state index is -3.59. The van der Waals surface area contributed by atoms with E-state index in [1.165, 1.54) is 19.3 Å². The molecule has 0 aliphatic carbocycles. The van der Waals surface area contributed by atoms with Gasteiger partial charge in [0.1, 0.15) is 5.75 Å². The maximum Gasteiger partial charge on any atom is 0.237 e. The molecule has 0 aromatic heterocycles. The molecule has 0 atom stereocenters. The number of anilines is 1. The van der Waals surface area contributed by atoms with Crippen molar-refractivity contribution in [3.05, 3.63) is 65.6 Å². The highest BCUT2D eigenvalue weighted by Crippen LogP contribution is 2.33. The minimum Gasteiger partial charge on any atom is -0.493 e. The van der Waals surface area contributed by atoms with Gasteiger partial charge in [0.25, 0.3) is 0 Å². The van der Waals surface area contributed by atoms with Gasteiger partial charge in [-0.15, -0.1) is 0 Å². The summed E-state index contributed by atoms with van der Waals surface area (Å²) in [6.07, 6.45) is 9.65. The van der Waals surface area contributed by atoms with E-state index < -0.39 is 10.0 Å². The lowest BCUT2D eigenvalue weighted by Gasteiger charge is -2.27. The Morgan fingerprint density at radius 1 is 0.939 bits per heavy atom. The van der Waals surface area contributed by atoms with E-state index in [0.717, 1.165) is 42.4 Å². The van der Waals surface area contributed by atoms with Crippen LogP contribution < -0.4 is 9.46 Å². The quantitative estimate of drug-likeness (QED) is 0.271. The number of sulfonamides is 1. The van der Waals surface area contributed by atoms with E-state index in [4.69, 9.17) is 4.74 Å².